The molecule has 0 saturated heterocycles. The molecule has 3 N–H and O–H groups in total. The number of carbonyl (C=O) groups is 2. The van der Waals surface area contributed by atoms with Gasteiger partial charge in [0, 0.05) is 0 Å². The summed E-state index contributed by atoms with van der Waals surface area (Å²) in [5, 5.41) is 2.42. The summed E-state index contributed by atoms with van der Waals surface area (Å²) >= 11 is 0. The fourth-order valence-corrected chi connectivity index (χ4v) is 1.23. The molecule has 0 heterocycles. The van der Waals surface area contributed by atoms with Gasteiger partial charge in [-0.2, -0.15) is 0 Å². The smallest absolute Gasteiger partial charge is 0.328 e. The number of unbranched alkanes of at least 4 members (excludes halogenated alkanes) is 1. The van der Waals surface area contributed by atoms with Gasteiger partial charge in [0.2, 0.25) is 0 Å². The summed E-state index contributed by atoms with van der Waals surface area (Å²) in [5.74, 6) is -0.386. The van der Waals surface area contributed by atoms with Gasteiger partial charge in [0.1, 0.15) is 6.04 Å². The number of amides is 2. The van der Waals surface area contributed by atoms with Crippen molar-refractivity contribution >= 4 is 12.0 Å². The number of ether oxygens (including phenoxy) is 1. The third kappa shape index (κ3) is 5.58. The Balaban J connectivity index is 4.26. The number of esters is 1. The van der Waals surface area contributed by atoms with Crippen molar-refractivity contribution < 1.29 is 14.3 Å². The highest BCUT2D eigenvalue weighted by Crippen LogP contribution is 2.09. The number of primary amides is 1. The fourth-order valence-electron chi connectivity index (χ4n) is 1.23. The average molecular weight is 230 g/mol. The minimum absolute atomic E-state index is 0.0154. The molecule has 0 rings (SSSR count). The molecule has 0 aromatic rings. The van der Waals surface area contributed by atoms with E-state index in [2.05, 4.69) is 5.32 Å². The van der Waals surface area contributed by atoms with Crippen molar-refractivity contribution in [2.45, 2.75) is 46.1 Å². The summed E-state index contributed by atoms with van der Waals surface area (Å²) in [5.41, 5.74) is 5.02. The summed E-state index contributed by atoms with van der Waals surface area (Å²) in [6.45, 7) is 6.23. The van der Waals surface area contributed by atoms with Gasteiger partial charge < -0.3 is 15.8 Å². The Hall–Kier alpha value is -1.26. The van der Waals surface area contributed by atoms with Crippen LogP contribution in [0.25, 0.3) is 0 Å². The molecular formula is C11H22N2O3. The van der Waals surface area contributed by atoms with Crippen LogP contribution in [0.15, 0.2) is 0 Å². The lowest BCUT2D eigenvalue weighted by Crippen LogP contribution is -2.48. The number of hydrogen-bond donors (Lipinski definition) is 2. The van der Waals surface area contributed by atoms with Crippen LogP contribution in [0.1, 0.15) is 40.0 Å². The molecule has 0 fully saturated rings. The Morgan fingerprint density at radius 3 is 2.44 bits per heavy atom. The third-order valence-electron chi connectivity index (χ3n) is 2.51. The van der Waals surface area contributed by atoms with Gasteiger partial charge >= 0.3 is 12.0 Å². The molecule has 0 aromatic carbocycles. The average Bonchev–Trinajstić information content (AvgIpc) is 2.24. The number of urea groups is 1. The van der Waals surface area contributed by atoms with Crippen LogP contribution in [0, 0.1) is 5.92 Å². The van der Waals surface area contributed by atoms with Gasteiger partial charge in [-0.05, 0) is 12.3 Å². The van der Waals surface area contributed by atoms with Crippen LogP contribution in [0.2, 0.25) is 0 Å². The molecule has 0 aliphatic rings. The maximum absolute atomic E-state index is 11.7. The fraction of sp³-hybridized carbons (Fsp3) is 0.818. The maximum Gasteiger partial charge on any atom is 0.328 e. The highest BCUT2D eigenvalue weighted by Gasteiger charge is 2.26. The minimum Gasteiger partial charge on any atom is -0.464 e. The number of nitrogens with two attached hydrogens (primary N) is 1. The largest absolute Gasteiger partial charge is 0.464 e. The number of hydrogen-bond acceptors (Lipinski definition) is 3. The molecule has 94 valence electrons. The van der Waals surface area contributed by atoms with Gasteiger partial charge in [-0.15, -0.1) is 0 Å². The first-order valence-electron chi connectivity index (χ1n) is 5.75. The van der Waals surface area contributed by atoms with Crippen LogP contribution in [-0.2, 0) is 9.53 Å². The van der Waals surface area contributed by atoms with Crippen molar-refractivity contribution in [3.8, 4) is 0 Å². The second-order valence-electron chi connectivity index (χ2n) is 3.89. The molecule has 2 unspecified atom stereocenters. The van der Waals surface area contributed by atoms with Crippen LogP contribution in [-0.4, -0.2) is 24.6 Å². The van der Waals surface area contributed by atoms with Crippen LogP contribution in [0.4, 0.5) is 4.79 Å². The second kappa shape index (κ2) is 7.96. The van der Waals surface area contributed by atoms with Gasteiger partial charge in [0.15, 0.2) is 0 Å². The molecule has 0 radical (unpaired) electrons. The molecule has 2 amide bonds. The lowest BCUT2D eigenvalue weighted by molar-refractivity contribution is -0.147. The van der Waals surface area contributed by atoms with Crippen molar-refractivity contribution in [2.75, 3.05) is 6.61 Å². The van der Waals surface area contributed by atoms with Crippen LogP contribution >= 0.6 is 0 Å². The first kappa shape index (κ1) is 14.7. The van der Waals surface area contributed by atoms with E-state index in [0.29, 0.717) is 6.61 Å². The van der Waals surface area contributed by atoms with E-state index in [0.717, 1.165) is 19.3 Å². The minimum atomic E-state index is -0.697. The van der Waals surface area contributed by atoms with Crippen molar-refractivity contribution in [3.05, 3.63) is 0 Å². The molecule has 0 aromatic heterocycles. The Labute approximate surface area is 96.7 Å². The van der Waals surface area contributed by atoms with E-state index in [4.69, 9.17) is 10.5 Å². The summed E-state index contributed by atoms with van der Waals surface area (Å²) in [4.78, 5) is 22.4. The summed E-state index contributed by atoms with van der Waals surface area (Å²) in [7, 11) is 0. The van der Waals surface area contributed by atoms with Crippen molar-refractivity contribution in [3.63, 3.8) is 0 Å². The van der Waals surface area contributed by atoms with E-state index in [1.165, 1.54) is 0 Å². The monoisotopic (exact) mass is 230 g/mol. The molecule has 16 heavy (non-hydrogen) atoms. The highest BCUT2D eigenvalue weighted by atomic mass is 16.5. The third-order valence-corrected chi connectivity index (χ3v) is 2.51. The topological polar surface area (TPSA) is 81.4 Å². The van der Waals surface area contributed by atoms with E-state index in [9.17, 15) is 9.59 Å². The molecule has 5 nitrogen and oxygen atoms in total. The molecule has 0 aliphatic heterocycles. The Morgan fingerprint density at radius 1 is 1.38 bits per heavy atom. The number of nitrogens with one attached hydrogen (secondary N) is 1. The SMILES string of the molecule is CCCCOC(=O)C(NC(N)=O)C(C)CC. The standard InChI is InChI=1S/C11H22N2O3/c1-4-6-7-16-10(14)9(8(3)5-2)13-11(12)15/h8-9H,4-7H2,1-3H3,(H3,12,13,15). The lowest BCUT2D eigenvalue weighted by atomic mass is 9.99. The van der Waals surface area contributed by atoms with E-state index < -0.39 is 18.0 Å². The van der Waals surface area contributed by atoms with Gasteiger partial charge in [0.25, 0.3) is 0 Å². The van der Waals surface area contributed by atoms with Gasteiger partial charge in [-0.1, -0.05) is 33.6 Å². The number of rotatable bonds is 7. The zero-order chi connectivity index (χ0) is 12.6. The van der Waals surface area contributed by atoms with Gasteiger partial charge in [-0.3, -0.25) is 0 Å². The molecule has 2 atom stereocenters. The molecule has 5 heteroatoms. The van der Waals surface area contributed by atoms with E-state index >= 15 is 0 Å². The summed E-state index contributed by atoms with van der Waals surface area (Å²) < 4.78 is 5.06. The molecule has 0 spiro atoms. The van der Waals surface area contributed by atoms with Gasteiger partial charge in [-0.25, -0.2) is 9.59 Å². The Morgan fingerprint density at radius 2 is 2.00 bits per heavy atom. The number of carbonyl (C=O) groups excluding carboxylic acids is 2. The maximum atomic E-state index is 11.7. The zero-order valence-electron chi connectivity index (χ0n) is 10.3. The molecular weight excluding hydrogens is 208 g/mol. The normalized spacial score (nSPS) is 13.9. The lowest BCUT2D eigenvalue weighted by Gasteiger charge is -2.21. The van der Waals surface area contributed by atoms with Crippen LogP contribution < -0.4 is 11.1 Å². The van der Waals surface area contributed by atoms with E-state index in [-0.39, 0.29) is 5.92 Å². The Bertz CT molecular complexity index is 231. The first-order valence-corrected chi connectivity index (χ1v) is 5.75. The van der Waals surface area contributed by atoms with Crippen LogP contribution in [0.5, 0.6) is 0 Å². The Kier molecular flexibility index (Phi) is 7.33. The van der Waals surface area contributed by atoms with Gasteiger partial charge in [0.05, 0.1) is 6.61 Å². The molecule has 0 aliphatic carbocycles. The van der Waals surface area contributed by atoms with E-state index in [1.54, 1.807) is 0 Å². The van der Waals surface area contributed by atoms with Crippen molar-refractivity contribution in [2.24, 2.45) is 11.7 Å². The summed E-state index contributed by atoms with van der Waals surface area (Å²) in [6, 6.07) is -1.34. The highest BCUT2D eigenvalue weighted by molar-refractivity contribution is 5.82. The van der Waals surface area contributed by atoms with Crippen LogP contribution in [0.3, 0.4) is 0 Å². The predicted molar refractivity (Wildman–Crippen MR) is 61.8 cm³/mol. The summed E-state index contributed by atoms with van der Waals surface area (Å²) in [6.07, 6.45) is 2.56. The predicted octanol–water partition coefficient (Wildman–Crippen LogP) is 1.41. The quantitative estimate of drug-likeness (QED) is 0.512. The second-order valence-corrected chi connectivity index (χ2v) is 3.89. The molecule has 0 saturated carbocycles. The molecule has 0 bridgehead atoms. The van der Waals surface area contributed by atoms with Crippen molar-refractivity contribution in [1.82, 2.24) is 5.32 Å². The van der Waals surface area contributed by atoms with E-state index in [1.807, 2.05) is 20.8 Å². The first-order chi connectivity index (χ1) is 7.52. The zero-order valence-corrected chi connectivity index (χ0v) is 10.3. The van der Waals surface area contributed by atoms with Crippen molar-refractivity contribution in [1.29, 1.82) is 0 Å².